The maximum atomic E-state index is 14.8. The third-order valence-electron chi connectivity index (χ3n) is 4.68. The fourth-order valence-electron chi connectivity index (χ4n) is 3.21. The molecular weight excluding hydrogens is 381 g/mol. The van der Waals surface area contributed by atoms with Gasteiger partial charge in [0.15, 0.2) is 0 Å². The number of nitrogens with one attached hydrogen (secondary N) is 1. The summed E-state index contributed by atoms with van der Waals surface area (Å²) < 4.78 is 21.6. The summed E-state index contributed by atoms with van der Waals surface area (Å²) >= 11 is 0. The summed E-state index contributed by atoms with van der Waals surface area (Å²) in [6, 6.07) is 8.05. The Hall–Kier alpha value is -3.15. The molecule has 1 saturated heterocycles. The van der Waals surface area contributed by atoms with E-state index in [0.29, 0.717) is 28.6 Å². The van der Waals surface area contributed by atoms with Crippen LogP contribution in [0, 0.1) is 5.82 Å². The van der Waals surface area contributed by atoms with E-state index in [4.69, 9.17) is 4.74 Å². The first-order valence-corrected chi connectivity index (χ1v) is 8.91. The molecule has 10 nitrogen and oxygen atoms in total. The topological polar surface area (TPSA) is 121 Å². The van der Waals surface area contributed by atoms with Gasteiger partial charge in [-0.2, -0.15) is 0 Å². The lowest BCUT2D eigenvalue weighted by molar-refractivity contribution is -0.181. The molecule has 1 fully saturated rings. The predicted molar refractivity (Wildman–Crippen MR) is 102 cm³/mol. The number of aryl methyl sites for hydroxylation is 1. The van der Waals surface area contributed by atoms with Crippen molar-refractivity contribution in [1.82, 2.24) is 25.2 Å². The molecule has 0 spiro atoms. The van der Waals surface area contributed by atoms with Gasteiger partial charge in [-0.05, 0) is 40.8 Å². The number of halogens is 1. The number of aliphatic hydroxyl groups excluding tert-OH is 1. The highest BCUT2D eigenvalue weighted by Crippen LogP contribution is 2.33. The fourth-order valence-corrected chi connectivity index (χ4v) is 3.21. The summed E-state index contributed by atoms with van der Waals surface area (Å²) in [5.74, 6) is -1.14. The van der Waals surface area contributed by atoms with Gasteiger partial charge in [-0.3, -0.25) is 0 Å². The number of aliphatic hydroxyl groups is 2. The molecule has 0 saturated carbocycles. The van der Waals surface area contributed by atoms with Gasteiger partial charge in [0.1, 0.15) is 17.7 Å². The molecule has 3 aromatic rings. The number of hydrogen-bond donors (Lipinski definition) is 3. The van der Waals surface area contributed by atoms with Crippen molar-refractivity contribution in [3.63, 3.8) is 0 Å². The summed E-state index contributed by atoms with van der Waals surface area (Å²) in [6.45, 7) is 1.47. The van der Waals surface area contributed by atoms with Crippen molar-refractivity contribution in [2.24, 2.45) is 7.05 Å². The molecule has 2 aromatic heterocycles. The molecule has 0 bridgehead atoms. The van der Waals surface area contributed by atoms with Crippen LogP contribution in [0.2, 0.25) is 0 Å². The van der Waals surface area contributed by atoms with Crippen molar-refractivity contribution >= 4 is 17.5 Å². The van der Waals surface area contributed by atoms with Crippen LogP contribution in [0.15, 0.2) is 36.5 Å². The van der Waals surface area contributed by atoms with E-state index in [0.717, 1.165) is 0 Å². The molecule has 29 heavy (non-hydrogen) atoms. The SMILES string of the molecule is Cn1nnnc1Nc1ccc(-c2ccc(N3C[C@H](CO)OC3(C)O)cc2F)cn1. The van der Waals surface area contributed by atoms with E-state index in [1.54, 1.807) is 37.5 Å². The van der Waals surface area contributed by atoms with Gasteiger partial charge in [-0.25, -0.2) is 14.1 Å². The standard InChI is InChI=1S/C18H20FN7O3/c1-18(28)26(9-13(10-27)29-18)12-4-5-14(15(19)7-12)11-3-6-16(20-8-11)21-17-22-23-24-25(17)2/h3-8,13,27-28H,9-10H2,1-2H3,(H,20,21,22,24)/t13-,18?/m1/s1. The van der Waals surface area contributed by atoms with Gasteiger partial charge >= 0.3 is 0 Å². The highest BCUT2D eigenvalue weighted by atomic mass is 19.1. The zero-order valence-corrected chi connectivity index (χ0v) is 15.8. The minimum Gasteiger partial charge on any atom is -0.394 e. The van der Waals surface area contributed by atoms with E-state index in [2.05, 4.69) is 25.8 Å². The van der Waals surface area contributed by atoms with E-state index in [1.165, 1.54) is 22.6 Å². The fraction of sp³-hybridized carbons (Fsp3) is 0.333. The number of ether oxygens (including phenoxy) is 1. The van der Waals surface area contributed by atoms with E-state index in [1.807, 2.05) is 0 Å². The number of nitrogens with zero attached hydrogens (tertiary/aromatic N) is 6. The van der Waals surface area contributed by atoms with Crippen molar-refractivity contribution < 1.29 is 19.3 Å². The Morgan fingerprint density at radius 3 is 2.76 bits per heavy atom. The summed E-state index contributed by atoms with van der Waals surface area (Å²) in [6.07, 6.45) is 1.00. The molecule has 4 rings (SSSR count). The zero-order chi connectivity index (χ0) is 20.6. The lowest BCUT2D eigenvalue weighted by Crippen LogP contribution is -2.42. The van der Waals surface area contributed by atoms with Crippen LogP contribution in [0.25, 0.3) is 11.1 Å². The molecule has 2 atom stereocenters. The van der Waals surface area contributed by atoms with E-state index in [-0.39, 0.29) is 13.2 Å². The molecule has 1 aliphatic rings. The number of aromatic nitrogens is 5. The van der Waals surface area contributed by atoms with Gasteiger partial charge in [-0.15, -0.1) is 0 Å². The Kier molecular flexibility index (Phi) is 4.86. The van der Waals surface area contributed by atoms with Gasteiger partial charge in [-0.1, -0.05) is 5.10 Å². The Balaban J connectivity index is 1.54. The van der Waals surface area contributed by atoms with Crippen molar-refractivity contribution in [3.8, 4) is 11.1 Å². The number of tetrazole rings is 1. The first kappa shape index (κ1) is 19.2. The summed E-state index contributed by atoms with van der Waals surface area (Å²) in [7, 11) is 1.69. The van der Waals surface area contributed by atoms with Gasteiger partial charge in [0, 0.05) is 37.0 Å². The number of pyridine rings is 1. The molecule has 11 heteroatoms. The first-order chi connectivity index (χ1) is 13.9. The summed E-state index contributed by atoms with van der Waals surface area (Å²) in [5.41, 5.74) is 1.41. The van der Waals surface area contributed by atoms with Gasteiger partial charge in [0.2, 0.25) is 11.9 Å². The van der Waals surface area contributed by atoms with Crippen molar-refractivity contribution in [1.29, 1.82) is 0 Å². The van der Waals surface area contributed by atoms with E-state index in [9.17, 15) is 14.6 Å². The second kappa shape index (κ2) is 7.35. The Morgan fingerprint density at radius 2 is 2.17 bits per heavy atom. The van der Waals surface area contributed by atoms with Crippen molar-refractivity contribution in [2.45, 2.75) is 18.9 Å². The molecule has 1 unspecified atom stereocenters. The average Bonchev–Trinajstić information content (AvgIpc) is 3.24. The van der Waals surface area contributed by atoms with Crippen LogP contribution in [-0.2, 0) is 11.8 Å². The van der Waals surface area contributed by atoms with Crippen LogP contribution in [0.5, 0.6) is 0 Å². The molecule has 0 amide bonds. The second-order valence-electron chi connectivity index (χ2n) is 6.81. The minimum atomic E-state index is -1.62. The van der Waals surface area contributed by atoms with E-state index < -0.39 is 17.8 Å². The number of hydrogen-bond acceptors (Lipinski definition) is 9. The molecule has 0 radical (unpaired) electrons. The van der Waals surface area contributed by atoms with Gasteiger partial charge < -0.3 is 25.2 Å². The third-order valence-corrected chi connectivity index (χ3v) is 4.68. The van der Waals surface area contributed by atoms with Crippen LogP contribution in [0.3, 0.4) is 0 Å². The summed E-state index contributed by atoms with van der Waals surface area (Å²) in [5, 5.41) is 33.7. The van der Waals surface area contributed by atoms with Crippen LogP contribution in [0.4, 0.5) is 21.8 Å². The number of rotatable bonds is 5. The quantitative estimate of drug-likeness (QED) is 0.575. The van der Waals surface area contributed by atoms with Gasteiger partial charge in [0.05, 0.1) is 13.2 Å². The molecule has 0 aliphatic carbocycles. The molecule has 1 aliphatic heterocycles. The smallest absolute Gasteiger partial charge is 0.248 e. The molecule has 1 aromatic carbocycles. The third kappa shape index (κ3) is 3.75. The Bertz CT molecular complexity index is 1010. The van der Waals surface area contributed by atoms with Gasteiger partial charge in [0.25, 0.3) is 0 Å². The van der Waals surface area contributed by atoms with Crippen LogP contribution in [-0.4, -0.2) is 60.6 Å². The number of anilines is 3. The monoisotopic (exact) mass is 401 g/mol. The molecule has 3 heterocycles. The summed E-state index contributed by atoms with van der Waals surface area (Å²) in [4.78, 5) is 5.77. The normalized spacial score (nSPS) is 21.6. The number of benzene rings is 1. The Labute approximate surface area is 165 Å². The van der Waals surface area contributed by atoms with Crippen LogP contribution in [0.1, 0.15) is 6.92 Å². The van der Waals surface area contributed by atoms with Crippen LogP contribution >= 0.6 is 0 Å². The highest BCUT2D eigenvalue weighted by molar-refractivity contribution is 5.68. The van der Waals surface area contributed by atoms with Crippen molar-refractivity contribution in [3.05, 3.63) is 42.3 Å². The molecule has 3 N–H and O–H groups in total. The first-order valence-electron chi connectivity index (χ1n) is 8.91. The van der Waals surface area contributed by atoms with Crippen LogP contribution < -0.4 is 10.2 Å². The minimum absolute atomic E-state index is 0.232. The largest absolute Gasteiger partial charge is 0.394 e. The lowest BCUT2D eigenvalue weighted by Gasteiger charge is -2.30. The maximum Gasteiger partial charge on any atom is 0.248 e. The van der Waals surface area contributed by atoms with E-state index >= 15 is 0 Å². The second-order valence-corrected chi connectivity index (χ2v) is 6.81. The molecule has 152 valence electrons. The Morgan fingerprint density at radius 1 is 1.34 bits per heavy atom. The molecular formula is C18H20FN7O3. The van der Waals surface area contributed by atoms with Crippen molar-refractivity contribution in [2.75, 3.05) is 23.4 Å². The zero-order valence-electron chi connectivity index (χ0n) is 15.8. The average molecular weight is 401 g/mol. The lowest BCUT2D eigenvalue weighted by atomic mass is 10.1. The predicted octanol–water partition coefficient (Wildman–Crippen LogP) is 1.02. The highest BCUT2D eigenvalue weighted by Gasteiger charge is 2.41. The maximum absolute atomic E-state index is 14.8.